The fourth-order valence-corrected chi connectivity index (χ4v) is 2.45. The molecule has 0 bridgehead atoms. The number of nitrogens with one attached hydrogen (secondary N) is 2. The first-order valence-electron chi connectivity index (χ1n) is 6.73. The van der Waals surface area contributed by atoms with Crippen LogP contribution >= 0.6 is 0 Å². The van der Waals surface area contributed by atoms with Crippen LogP contribution in [0.4, 0.5) is 11.4 Å². The molecule has 11 heteroatoms. The number of anilines is 1. The number of hydrogen-bond donors (Lipinski definition) is 2. The summed E-state index contributed by atoms with van der Waals surface area (Å²) in [7, 11) is -3.37. The average Bonchev–Trinajstić information content (AvgIpc) is 2.92. The van der Waals surface area contributed by atoms with Crippen LogP contribution in [-0.4, -0.2) is 35.3 Å². The van der Waals surface area contributed by atoms with Crippen molar-refractivity contribution >= 4 is 27.3 Å². The molecule has 2 rings (SSSR count). The monoisotopic (exact) mass is 353 g/mol. The second kappa shape index (κ2) is 7.08. The van der Waals surface area contributed by atoms with Crippen LogP contribution in [-0.2, 0) is 27.9 Å². The SMILES string of the molecule is CS(=O)(=O)Nc1cccc(CNC(=O)Cn2cc([N+](=O)[O-])cn2)c1. The molecule has 0 fully saturated rings. The van der Waals surface area contributed by atoms with Crippen molar-refractivity contribution in [2.75, 3.05) is 11.0 Å². The molecule has 0 aliphatic rings. The molecular formula is C13H15N5O5S. The van der Waals surface area contributed by atoms with E-state index in [9.17, 15) is 23.3 Å². The highest BCUT2D eigenvalue weighted by molar-refractivity contribution is 7.92. The zero-order valence-electron chi connectivity index (χ0n) is 12.7. The summed E-state index contributed by atoms with van der Waals surface area (Å²) in [6.45, 7) is 0.0244. The summed E-state index contributed by atoms with van der Waals surface area (Å²) in [6.07, 6.45) is 3.27. The number of carbonyl (C=O) groups is 1. The molecule has 1 amide bonds. The van der Waals surface area contributed by atoms with Crippen molar-refractivity contribution in [2.45, 2.75) is 13.1 Å². The van der Waals surface area contributed by atoms with Gasteiger partial charge in [0.25, 0.3) is 0 Å². The number of amides is 1. The lowest BCUT2D eigenvalue weighted by Gasteiger charge is -2.08. The first kappa shape index (κ1) is 17.4. The van der Waals surface area contributed by atoms with Crippen LogP contribution < -0.4 is 10.0 Å². The second-order valence-electron chi connectivity index (χ2n) is 5.00. The molecule has 0 saturated carbocycles. The average molecular weight is 353 g/mol. The first-order chi connectivity index (χ1) is 11.2. The molecule has 1 heterocycles. The molecule has 0 atom stereocenters. The number of aromatic nitrogens is 2. The van der Waals surface area contributed by atoms with E-state index in [1.54, 1.807) is 24.3 Å². The maximum Gasteiger partial charge on any atom is 0.307 e. The van der Waals surface area contributed by atoms with E-state index in [1.165, 1.54) is 0 Å². The van der Waals surface area contributed by atoms with Crippen LogP contribution in [0.1, 0.15) is 5.56 Å². The van der Waals surface area contributed by atoms with Crippen LogP contribution in [0.3, 0.4) is 0 Å². The molecule has 0 aliphatic heterocycles. The highest BCUT2D eigenvalue weighted by Gasteiger charge is 2.11. The van der Waals surface area contributed by atoms with Crippen LogP contribution in [0, 0.1) is 10.1 Å². The fraction of sp³-hybridized carbons (Fsp3) is 0.231. The number of nitro groups is 1. The molecule has 0 unspecified atom stereocenters. The van der Waals surface area contributed by atoms with Crippen molar-refractivity contribution in [2.24, 2.45) is 0 Å². The minimum absolute atomic E-state index is 0.158. The van der Waals surface area contributed by atoms with Gasteiger partial charge in [0.2, 0.25) is 15.9 Å². The van der Waals surface area contributed by atoms with Crippen molar-refractivity contribution < 1.29 is 18.1 Å². The van der Waals surface area contributed by atoms with E-state index in [0.29, 0.717) is 11.3 Å². The molecule has 0 radical (unpaired) electrons. The standard InChI is InChI=1S/C13H15N5O5S/c1-24(22,23)16-11-4-2-3-10(5-11)6-14-13(19)9-17-8-12(7-15-17)18(20)21/h2-5,7-8,16H,6,9H2,1H3,(H,14,19). The van der Waals surface area contributed by atoms with E-state index >= 15 is 0 Å². The maximum atomic E-state index is 11.8. The van der Waals surface area contributed by atoms with E-state index in [4.69, 9.17) is 0 Å². The van der Waals surface area contributed by atoms with E-state index in [0.717, 1.165) is 23.3 Å². The van der Waals surface area contributed by atoms with Crippen LogP contribution in [0.5, 0.6) is 0 Å². The van der Waals surface area contributed by atoms with Gasteiger partial charge in [-0.1, -0.05) is 12.1 Å². The molecule has 0 saturated heterocycles. The van der Waals surface area contributed by atoms with Gasteiger partial charge in [-0.2, -0.15) is 5.10 Å². The summed E-state index contributed by atoms with van der Waals surface area (Å²) in [5.41, 5.74) is 0.901. The molecule has 1 aromatic carbocycles. The predicted octanol–water partition coefficient (Wildman–Crippen LogP) is 0.479. The molecule has 1 aromatic heterocycles. The quantitative estimate of drug-likeness (QED) is 0.549. The Hall–Kier alpha value is -2.95. The highest BCUT2D eigenvalue weighted by Crippen LogP contribution is 2.12. The van der Waals surface area contributed by atoms with Gasteiger partial charge in [-0.3, -0.25) is 24.3 Å². The van der Waals surface area contributed by atoms with Gasteiger partial charge >= 0.3 is 5.69 Å². The van der Waals surface area contributed by atoms with Gasteiger partial charge in [0, 0.05) is 12.2 Å². The summed E-state index contributed by atoms with van der Waals surface area (Å²) in [5, 5.41) is 16.9. The first-order valence-corrected chi connectivity index (χ1v) is 8.62. The second-order valence-corrected chi connectivity index (χ2v) is 6.75. The largest absolute Gasteiger partial charge is 0.350 e. The Bertz CT molecular complexity index is 861. The lowest BCUT2D eigenvalue weighted by atomic mass is 10.2. The van der Waals surface area contributed by atoms with E-state index < -0.39 is 14.9 Å². The van der Waals surface area contributed by atoms with Gasteiger partial charge in [0.15, 0.2) is 0 Å². The summed E-state index contributed by atoms with van der Waals surface area (Å²) < 4.78 is 25.9. The van der Waals surface area contributed by atoms with E-state index in [1.807, 2.05) is 0 Å². The smallest absolute Gasteiger partial charge is 0.307 e. The molecule has 24 heavy (non-hydrogen) atoms. The van der Waals surface area contributed by atoms with Crippen molar-refractivity contribution in [1.29, 1.82) is 0 Å². The number of sulfonamides is 1. The molecule has 10 nitrogen and oxygen atoms in total. The lowest BCUT2D eigenvalue weighted by Crippen LogP contribution is -2.27. The number of benzene rings is 1. The van der Waals surface area contributed by atoms with Gasteiger partial charge in [-0.15, -0.1) is 0 Å². The third-order valence-corrected chi connectivity index (χ3v) is 3.46. The summed E-state index contributed by atoms with van der Waals surface area (Å²) in [5.74, 6) is -0.380. The number of nitrogens with zero attached hydrogens (tertiary/aromatic N) is 3. The predicted molar refractivity (Wildman–Crippen MR) is 85.6 cm³/mol. The molecule has 0 spiro atoms. The summed E-state index contributed by atoms with van der Waals surface area (Å²) in [4.78, 5) is 21.8. The minimum Gasteiger partial charge on any atom is -0.350 e. The molecule has 128 valence electrons. The Labute approximate surface area is 137 Å². The Kier molecular flexibility index (Phi) is 5.14. The third kappa shape index (κ3) is 5.35. The zero-order valence-corrected chi connectivity index (χ0v) is 13.5. The Balaban J connectivity index is 1.91. The van der Waals surface area contributed by atoms with Gasteiger partial charge in [0.1, 0.15) is 18.9 Å². The minimum atomic E-state index is -3.37. The Morgan fingerprint density at radius 3 is 2.79 bits per heavy atom. The zero-order chi connectivity index (χ0) is 17.7. The Morgan fingerprint density at radius 1 is 1.42 bits per heavy atom. The molecule has 2 N–H and O–H groups in total. The normalized spacial score (nSPS) is 11.0. The van der Waals surface area contributed by atoms with Gasteiger partial charge < -0.3 is 5.32 Å². The lowest BCUT2D eigenvalue weighted by molar-refractivity contribution is -0.385. The highest BCUT2D eigenvalue weighted by atomic mass is 32.2. The number of hydrogen-bond acceptors (Lipinski definition) is 6. The molecular weight excluding hydrogens is 338 g/mol. The van der Waals surface area contributed by atoms with E-state index in [2.05, 4.69) is 15.1 Å². The molecule has 2 aromatic rings. The number of rotatable bonds is 7. The molecule has 0 aliphatic carbocycles. The van der Waals surface area contributed by atoms with Gasteiger partial charge in [0.05, 0.1) is 11.2 Å². The van der Waals surface area contributed by atoms with Crippen LogP contribution in [0.15, 0.2) is 36.7 Å². The maximum absolute atomic E-state index is 11.8. The van der Waals surface area contributed by atoms with Crippen molar-refractivity contribution in [3.8, 4) is 0 Å². The topological polar surface area (TPSA) is 136 Å². The number of carbonyl (C=O) groups excluding carboxylic acids is 1. The summed E-state index contributed by atoms with van der Waals surface area (Å²) >= 11 is 0. The Morgan fingerprint density at radius 2 is 2.17 bits per heavy atom. The third-order valence-electron chi connectivity index (χ3n) is 2.86. The van der Waals surface area contributed by atoms with Gasteiger partial charge in [-0.25, -0.2) is 8.42 Å². The van der Waals surface area contributed by atoms with E-state index in [-0.39, 0.29) is 24.7 Å². The van der Waals surface area contributed by atoms with Crippen molar-refractivity contribution in [3.05, 3.63) is 52.3 Å². The van der Waals surface area contributed by atoms with Crippen molar-refractivity contribution in [3.63, 3.8) is 0 Å². The summed E-state index contributed by atoms with van der Waals surface area (Å²) in [6, 6.07) is 6.58. The van der Waals surface area contributed by atoms with Crippen molar-refractivity contribution in [1.82, 2.24) is 15.1 Å². The fourth-order valence-electron chi connectivity index (χ4n) is 1.90. The van der Waals surface area contributed by atoms with Gasteiger partial charge in [-0.05, 0) is 17.7 Å². The van der Waals surface area contributed by atoms with Crippen LogP contribution in [0.25, 0.3) is 0 Å². The van der Waals surface area contributed by atoms with Crippen LogP contribution in [0.2, 0.25) is 0 Å².